The maximum Gasteiger partial charge on any atom is 0.125 e. The lowest BCUT2D eigenvalue weighted by Crippen LogP contribution is -1.96. The number of hydrogen-bond donors (Lipinski definition) is 0. The van der Waals surface area contributed by atoms with E-state index >= 15 is 0 Å². The highest BCUT2D eigenvalue weighted by molar-refractivity contribution is 7.21. The van der Waals surface area contributed by atoms with Gasteiger partial charge < -0.3 is 9.13 Å². The zero-order chi connectivity index (χ0) is 33.5. The fourth-order valence-corrected chi connectivity index (χ4v) is 9.00. The van der Waals surface area contributed by atoms with Crippen LogP contribution in [-0.2, 0) is 0 Å². The standard InChI is InChI=1S/C47H29N3S/c1-2-12-30(13-3-1)31-22-24-33(25-23-31)49-42-19-9-6-16-36(42)38-29-45-39(28-44(38)49)37-17-7-10-20-43(37)50(45)34-26-32-14-4-5-15-35(32)40(27-34)47-48-41-18-8-11-21-46(41)51-47/h1-29H. The quantitative estimate of drug-likeness (QED) is 0.183. The van der Waals surface area contributed by atoms with E-state index in [1.54, 1.807) is 11.3 Å². The number of rotatable bonds is 4. The first-order valence-corrected chi connectivity index (χ1v) is 18.1. The summed E-state index contributed by atoms with van der Waals surface area (Å²) in [6.07, 6.45) is 0. The van der Waals surface area contributed by atoms with Crippen LogP contribution in [0, 0.1) is 0 Å². The summed E-state index contributed by atoms with van der Waals surface area (Å²) < 4.78 is 6.08. The smallest absolute Gasteiger partial charge is 0.125 e. The van der Waals surface area contributed by atoms with Crippen molar-refractivity contribution in [2.45, 2.75) is 0 Å². The van der Waals surface area contributed by atoms with Crippen molar-refractivity contribution < 1.29 is 0 Å². The second-order valence-electron chi connectivity index (χ2n) is 13.2. The Labute approximate surface area is 297 Å². The molecule has 0 N–H and O–H groups in total. The van der Waals surface area contributed by atoms with Crippen molar-refractivity contribution >= 4 is 75.9 Å². The third-order valence-electron chi connectivity index (χ3n) is 10.3. The Kier molecular flexibility index (Phi) is 6.12. The van der Waals surface area contributed by atoms with E-state index in [1.807, 2.05) is 0 Å². The molecule has 0 saturated heterocycles. The van der Waals surface area contributed by atoms with E-state index in [-0.39, 0.29) is 0 Å². The third-order valence-corrected chi connectivity index (χ3v) is 11.4. The highest BCUT2D eigenvalue weighted by atomic mass is 32.1. The average Bonchev–Trinajstić information content (AvgIpc) is 3.87. The monoisotopic (exact) mass is 667 g/mol. The van der Waals surface area contributed by atoms with Crippen LogP contribution in [0.5, 0.6) is 0 Å². The van der Waals surface area contributed by atoms with Crippen molar-refractivity contribution in [1.29, 1.82) is 0 Å². The molecule has 8 aromatic carbocycles. The predicted octanol–water partition coefficient (Wildman–Crippen LogP) is 13.0. The Morgan fingerprint density at radius 3 is 1.67 bits per heavy atom. The number of nitrogens with zero attached hydrogens (tertiary/aromatic N) is 3. The summed E-state index contributed by atoms with van der Waals surface area (Å²) in [5.41, 5.74) is 11.7. The molecular formula is C47H29N3S. The minimum absolute atomic E-state index is 1.04. The first-order valence-electron chi connectivity index (χ1n) is 17.3. The van der Waals surface area contributed by atoms with Crippen molar-refractivity contribution in [3.63, 3.8) is 0 Å². The van der Waals surface area contributed by atoms with Gasteiger partial charge in [-0.15, -0.1) is 11.3 Å². The third kappa shape index (κ3) is 4.33. The number of aromatic nitrogens is 3. The predicted molar refractivity (Wildman–Crippen MR) is 217 cm³/mol. The molecule has 0 radical (unpaired) electrons. The van der Waals surface area contributed by atoms with Gasteiger partial charge in [-0.1, -0.05) is 115 Å². The SMILES string of the molecule is c1ccc(-c2ccc(-n3c4ccccc4c4cc5c(cc43)c3ccccc3n5-c3cc(-c4nc5ccccc5s4)c4ccccc4c3)cc2)cc1. The van der Waals surface area contributed by atoms with Crippen molar-refractivity contribution in [1.82, 2.24) is 14.1 Å². The van der Waals surface area contributed by atoms with Crippen LogP contribution in [0.15, 0.2) is 176 Å². The molecule has 0 saturated carbocycles. The summed E-state index contributed by atoms with van der Waals surface area (Å²) in [5.74, 6) is 0. The van der Waals surface area contributed by atoms with E-state index in [9.17, 15) is 0 Å². The van der Waals surface area contributed by atoms with Crippen molar-refractivity contribution in [2.75, 3.05) is 0 Å². The van der Waals surface area contributed by atoms with Gasteiger partial charge in [-0.3, -0.25) is 0 Å². The summed E-state index contributed by atoms with van der Waals surface area (Å²) in [4.78, 5) is 5.12. The first-order chi connectivity index (χ1) is 25.3. The Hall–Kier alpha value is -6.49. The molecule has 51 heavy (non-hydrogen) atoms. The molecule has 0 spiro atoms. The van der Waals surface area contributed by atoms with Gasteiger partial charge in [0.2, 0.25) is 0 Å². The van der Waals surface area contributed by atoms with Gasteiger partial charge >= 0.3 is 0 Å². The van der Waals surface area contributed by atoms with E-state index in [1.165, 1.54) is 70.2 Å². The lowest BCUT2D eigenvalue weighted by atomic mass is 10.0. The maximum absolute atomic E-state index is 5.12. The molecular weight excluding hydrogens is 639 g/mol. The maximum atomic E-state index is 5.12. The largest absolute Gasteiger partial charge is 0.309 e. The Morgan fingerprint density at radius 1 is 0.392 bits per heavy atom. The van der Waals surface area contributed by atoms with E-state index in [2.05, 4.69) is 185 Å². The zero-order valence-electron chi connectivity index (χ0n) is 27.5. The molecule has 0 amide bonds. The van der Waals surface area contributed by atoms with Crippen LogP contribution >= 0.6 is 11.3 Å². The van der Waals surface area contributed by atoms with Gasteiger partial charge in [0.05, 0.1) is 32.3 Å². The molecule has 238 valence electrons. The highest BCUT2D eigenvalue weighted by Gasteiger charge is 2.20. The molecule has 11 rings (SSSR count). The summed E-state index contributed by atoms with van der Waals surface area (Å²) in [6.45, 7) is 0. The topological polar surface area (TPSA) is 22.8 Å². The fourth-order valence-electron chi connectivity index (χ4n) is 8.01. The lowest BCUT2D eigenvalue weighted by Gasteiger charge is -2.13. The molecule has 4 heteroatoms. The van der Waals surface area contributed by atoms with E-state index in [4.69, 9.17) is 4.98 Å². The van der Waals surface area contributed by atoms with Crippen molar-refractivity contribution in [2.24, 2.45) is 0 Å². The van der Waals surface area contributed by atoms with E-state index in [0.717, 1.165) is 27.5 Å². The summed E-state index contributed by atoms with van der Waals surface area (Å²) in [6, 6.07) is 63.8. The number of hydrogen-bond acceptors (Lipinski definition) is 2. The molecule has 3 nitrogen and oxygen atoms in total. The second-order valence-corrected chi connectivity index (χ2v) is 14.2. The number of benzene rings is 8. The van der Waals surface area contributed by atoms with Crippen LogP contribution < -0.4 is 0 Å². The van der Waals surface area contributed by atoms with Crippen LogP contribution in [0.1, 0.15) is 0 Å². The normalized spacial score (nSPS) is 11.9. The number of fused-ring (bicyclic) bond motifs is 8. The number of para-hydroxylation sites is 3. The molecule has 0 aliphatic carbocycles. The minimum atomic E-state index is 1.04. The summed E-state index contributed by atoms with van der Waals surface area (Å²) in [7, 11) is 0. The molecule has 0 bridgehead atoms. The molecule has 0 fully saturated rings. The van der Waals surface area contributed by atoms with E-state index in [0.29, 0.717) is 0 Å². The lowest BCUT2D eigenvalue weighted by molar-refractivity contribution is 1.18. The van der Waals surface area contributed by atoms with Crippen molar-refractivity contribution in [3.8, 4) is 33.1 Å². The fraction of sp³-hybridized carbons (Fsp3) is 0. The molecule has 0 aliphatic rings. The van der Waals surface area contributed by atoms with Gasteiger partial charge in [0.1, 0.15) is 5.01 Å². The van der Waals surface area contributed by atoms with Crippen LogP contribution in [0.25, 0.3) is 97.7 Å². The Bertz CT molecular complexity index is 3090. The first kappa shape index (κ1) is 28.4. The van der Waals surface area contributed by atoms with Gasteiger partial charge in [-0.2, -0.15) is 0 Å². The van der Waals surface area contributed by atoms with Gasteiger partial charge in [-0.05, 0) is 82.6 Å². The second kappa shape index (κ2) is 11.0. The van der Waals surface area contributed by atoms with Gasteiger partial charge in [0, 0.05) is 38.5 Å². The molecule has 3 heterocycles. The Morgan fingerprint density at radius 2 is 0.961 bits per heavy atom. The minimum Gasteiger partial charge on any atom is -0.309 e. The summed E-state index contributed by atoms with van der Waals surface area (Å²) >= 11 is 1.76. The zero-order valence-corrected chi connectivity index (χ0v) is 28.3. The molecule has 0 atom stereocenters. The van der Waals surface area contributed by atoms with Crippen LogP contribution in [-0.4, -0.2) is 14.1 Å². The van der Waals surface area contributed by atoms with Crippen molar-refractivity contribution in [3.05, 3.63) is 176 Å². The molecule has 0 aliphatic heterocycles. The van der Waals surface area contributed by atoms with Crippen LogP contribution in [0.2, 0.25) is 0 Å². The van der Waals surface area contributed by atoms with E-state index < -0.39 is 0 Å². The molecule has 11 aromatic rings. The van der Waals surface area contributed by atoms with Gasteiger partial charge in [-0.25, -0.2) is 4.98 Å². The van der Waals surface area contributed by atoms with Gasteiger partial charge in [0.25, 0.3) is 0 Å². The summed E-state index contributed by atoms with van der Waals surface area (Å²) in [5, 5.41) is 8.40. The van der Waals surface area contributed by atoms with Gasteiger partial charge in [0.15, 0.2) is 0 Å². The highest BCUT2D eigenvalue weighted by Crippen LogP contribution is 2.42. The molecule has 3 aromatic heterocycles. The van der Waals surface area contributed by atoms with Crippen LogP contribution in [0.3, 0.4) is 0 Å². The average molecular weight is 668 g/mol. The van der Waals surface area contributed by atoms with Crippen LogP contribution in [0.4, 0.5) is 0 Å². The molecule has 0 unspecified atom stereocenters. The number of thiazole rings is 1. The Balaban J connectivity index is 1.18.